The summed E-state index contributed by atoms with van der Waals surface area (Å²) in [5.41, 5.74) is 7.48. The average molecular weight is 348 g/mol. The number of rotatable bonds is 2. The van der Waals surface area contributed by atoms with E-state index in [0.29, 0.717) is 24.5 Å². The van der Waals surface area contributed by atoms with Gasteiger partial charge < -0.3 is 16.0 Å². The average Bonchev–Trinajstić information content (AvgIpc) is 2.67. The molecule has 0 radical (unpaired) electrons. The van der Waals surface area contributed by atoms with Gasteiger partial charge >= 0.3 is 6.03 Å². The second-order valence-corrected chi connectivity index (χ2v) is 6.16. The number of benzene rings is 1. The Labute approximate surface area is 152 Å². The van der Waals surface area contributed by atoms with Gasteiger partial charge in [-0.2, -0.15) is 0 Å². The zero-order chi connectivity index (χ0) is 18.4. The van der Waals surface area contributed by atoms with E-state index in [4.69, 9.17) is 5.73 Å². The molecule has 0 aliphatic carbocycles. The van der Waals surface area contributed by atoms with E-state index in [1.807, 2.05) is 42.5 Å². The fourth-order valence-electron chi connectivity index (χ4n) is 2.88. The summed E-state index contributed by atoms with van der Waals surface area (Å²) in [7, 11) is 0. The molecule has 1 aliphatic heterocycles. The normalized spacial score (nSPS) is 16.3. The minimum atomic E-state index is -0.478. The van der Waals surface area contributed by atoms with Crippen LogP contribution < -0.4 is 11.1 Å². The molecule has 2 aromatic rings. The first-order valence-corrected chi connectivity index (χ1v) is 8.50. The number of likely N-dealkylation sites (tertiary alicyclic amines) is 1. The van der Waals surface area contributed by atoms with Crippen LogP contribution in [0.2, 0.25) is 0 Å². The Morgan fingerprint density at radius 1 is 1.19 bits per heavy atom. The number of nitrogens with two attached hydrogens (primary N) is 1. The highest BCUT2D eigenvalue weighted by Crippen LogP contribution is 2.19. The van der Waals surface area contributed by atoms with E-state index in [2.05, 4.69) is 22.1 Å². The molecule has 2 heterocycles. The first-order valence-electron chi connectivity index (χ1n) is 8.50. The molecule has 1 aliphatic rings. The highest BCUT2D eigenvalue weighted by atomic mass is 16.2. The van der Waals surface area contributed by atoms with Gasteiger partial charge in [0.05, 0.1) is 5.92 Å². The van der Waals surface area contributed by atoms with Crippen LogP contribution in [0.4, 0.5) is 10.5 Å². The number of primary amides is 1. The number of hydrogen-bond donors (Lipinski definition) is 2. The summed E-state index contributed by atoms with van der Waals surface area (Å²) in [6.45, 7) is 0.970. The van der Waals surface area contributed by atoms with Gasteiger partial charge in [0.15, 0.2) is 0 Å². The summed E-state index contributed by atoms with van der Waals surface area (Å²) in [6, 6.07) is 12.4. The Morgan fingerprint density at radius 3 is 2.85 bits per heavy atom. The molecule has 6 heteroatoms. The van der Waals surface area contributed by atoms with Crippen molar-refractivity contribution in [2.24, 2.45) is 11.7 Å². The molecule has 0 spiro atoms. The third kappa shape index (κ3) is 4.61. The Morgan fingerprint density at radius 2 is 2.08 bits per heavy atom. The molecule has 3 amide bonds. The van der Waals surface area contributed by atoms with Crippen LogP contribution in [0.1, 0.15) is 24.1 Å². The molecule has 1 aromatic carbocycles. The zero-order valence-electron chi connectivity index (χ0n) is 14.3. The fourth-order valence-corrected chi connectivity index (χ4v) is 2.88. The molecule has 3 N–H and O–H groups in total. The molecule has 3 rings (SSSR count). The Hall–Kier alpha value is -3.33. The number of anilines is 1. The lowest BCUT2D eigenvalue weighted by atomic mass is 9.97. The number of piperidine rings is 1. The van der Waals surface area contributed by atoms with Gasteiger partial charge in [0, 0.05) is 30.5 Å². The summed E-state index contributed by atoms with van der Waals surface area (Å²) >= 11 is 0. The number of carbonyl (C=O) groups is 2. The van der Waals surface area contributed by atoms with Crippen LogP contribution in [0.15, 0.2) is 48.7 Å². The minimum absolute atomic E-state index is 0.106. The first-order chi connectivity index (χ1) is 12.6. The predicted octanol–water partition coefficient (Wildman–Crippen LogP) is 2.21. The van der Waals surface area contributed by atoms with Crippen molar-refractivity contribution in [3.05, 3.63) is 59.9 Å². The van der Waals surface area contributed by atoms with E-state index in [9.17, 15) is 9.59 Å². The second kappa shape index (κ2) is 8.17. The molecular formula is C20H20N4O2. The first kappa shape index (κ1) is 17.5. The summed E-state index contributed by atoms with van der Waals surface area (Å²) in [5.74, 6) is 5.68. The van der Waals surface area contributed by atoms with Crippen LogP contribution in [-0.2, 0) is 4.79 Å². The van der Waals surface area contributed by atoms with Crippen molar-refractivity contribution >= 4 is 17.6 Å². The monoisotopic (exact) mass is 348 g/mol. The topological polar surface area (TPSA) is 88.3 Å². The van der Waals surface area contributed by atoms with Crippen molar-refractivity contribution in [1.82, 2.24) is 9.88 Å². The van der Waals surface area contributed by atoms with Crippen molar-refractivity contribution in [2.45, 2.75) is 12.8 Å². The van der Waals surface area contributed by atoms with Gasteiger partial charge in [-0.15, -0.1) is 0 Å². The zero-order valence-corrected chi connectivity index (χ0v) is 14.3. The Bertz CT molecular complexity index is 855. The highest BCUT2D eigenvalue weighted by Gasteiger charge is 2.27. The maximum Gasteiger partial charge on any atom is 0.314 e. The molecular weight excluding hydrogens is 328 g/mol. The third-order valence-electron chi connectivity index (χ3n) is 4.23. The lowest BCUT2D eigenvalue weighted by molar-refractivity contribution is -0.121. The molecule has 1 saturated heterocycles. The quantitative estimate of drug-likeness (QED) is 0.816. The van der Waals surface area contributed by atoms with E-state index in [1.54, 1.807) is 6.20 Å². The number of urea groups is 1. The lowest BCUT2D eigenvalue weighted by Gasteiger charge is -2.30. The number of nitrogens with one attached hydrogen (secondary N) is 1. The SMILES string of the molecule is NC(=O)N1CCCC(C(=O)Nc2cccc(C#Cc3ccccn3)c2)C1. The van der Waals surface area contributed by atoms with Gasteiger partial charge in [-0.3, -0.25) is 4.79 Å². The number of carbonyl (C=O) groups excluding carboxylic acids is 2. The smallest absolute Gasteiger partial charge is 0.314 e. The summed E-state index contributed by atoms with van der Waals surface area (Å²) in [4.78, 5) is 29.5. The van der Waals surface area contributed by atoms with Gasteiger partial charge in [-0.25, -0.2) is 9.78 Å². The maximum atomic E-state index is 12.5. The molecule has 0 bridgehead atoms. The predicted molar refractivity (Wildman–Crippen MR) is 99.2 cm³/mol. The molecule has 1 unspecified atom stereocenters. The molecule has 1 atom stereocenters. The number of aromatic nitrogens is 1. The second-order valence-electron chi connectivity index (χ2n) is 6.16. The van der Waals surface area contributed by atoms with Crippen molar-refractivity contribution in [3.8, 4) is 11.8 Å². The largest absolute Gasteiger partial charge is 0.351 e. The van der Waals surface area contributed by atoms with Crippen LogP contribution in [0, 0.1) is 17.8 Å². The van der Waals surface area contributed by atoms with Gasteiger partial charge in [-0.05, 0) is 49.1 Å². The number of pyridine rings is 1. The third-order valence-corrected chi connectivity index (χ3v) is 4.23. The highest BCUT2D eigenvalue weighted by molar-refractivity contribution is 5.93. The molecule has 26 heavy (non-hydrogen) atoms. The summed E-state index contributed by atoms with van der Waals surface area (Å²) < 4.78 is 0. The number of nitrogens with zero attached hydrogens (tertiary/aromatic N) is 2. The van der Waals surface area contributed by atoms with E-state index >= 15 is 0 Å². The molecule has 1 aromatic heterocycles. The van der Waals surface area contributed by atoms with E-state index in [1.165, 1.54) is 4.90 Å². The summed E-state index contributed by atoms with van der Waals surface area (Å²) in [5, 5.41) is 2.91. The van der Waals surface area contributed by atoms with Crippen LogP contribution in [0.3, 0.4) is 0 Å². The fraction of sp³-hybridized carbons (Fsp3) is 0.250. The molecule has 0 saturated carbocycles. The van der Waals surface area contributed by atoms with Crippen LogP contribution in [0.5, 0.6) is 0 Å². The lowest BCUT2D eigenvalue weighted by Crippen LogP contribution is -2.46. The van der Waals surface area contributed by atoms with Gasteiger partial charge in [0.25, 0.3) is 0 Å². The Kier molecular flexibility index (Phi) is 5.49. The van der Waals surface area contributed by atoms with Crippen LogP contribution in [-0.4, -0.2) is 34.9 Å². The van der Waals surface area contributed by atoms with Crippen LogP contribution >= 0.6 is 0 Å². The van der Waals surface area contributed by atoms with Crippen molar-refractivity contribution in [3.63, 3.8) is 0 Å². The Balaban J connectivity index is 1.66. The molecule has 6 nitrogen and oxygen atoms in total. The number of amides is 3. The molecule has 1 fully saturated rings. The van der Waals surface area contributed by atoms with E-state index in [-0.39, 0.29) is 11.8 Å². The molecule has 132 valence electrons. The summed E-state index contributed by atoms with van der Waals surface area (Å²) in [6.07, 6.45) is 3.21. The van der Waals surface area contributed by atoms with Gasteiger partial charge in [0.1, 0.15) is 5.69 Å². The van der Waals surface area contributed by atoms with Crippen molar-refractivity contribution in [2.75, 3.05) is 18.4 Å². The van der Waals surface area contributed by atoms with Crippen molar-refractivity contribution in [1.29, 1.82) is 0 Å². The maximum absolute atomic E-state index is 12.5. The van der Waals surface area contributed by atoms with Gasteiger partial charge in [-0.1, -0.05) is 18.1 Å². The standard InChI is InChI=1S/C20H20N4O2/c21-20(26)24-12-4-6-16(14-24)19(25)23-18-8-3-5-15(13-18)9-10-17-7-1-2-11-22-17/h1-3,5,7-8,11,13,16H,4,6,12,14H2,(H2,21,26)(H,23,25). The number of hydrogen-bond acceptors (Lipinski definition) is 3. The van der Waals surface area contributed by atoms with E-state index < -0.39 is 6.03 Å². The van der Waals surface area contributed by atoms with E-state index in [0.717, 1.165) is 18.4 Å². The minimum Gasteiger partial charge on any atom is -0.351 e. The van der Waals surface area contributed by atoms with Crippen LogP contribution in [0.25, 0.3) is 0 Å². The van der Waals surface area contributed by atoms with Gasteiger partial charge in [0.2, 0.25) is 5.91 Å². The van der Waals surface area contributed by atoms with Crippen molar-refractivity contribution < 1.29 is 9.59 Å².